The first-order chi connectivity index (χ1) is 15.5. The number of hydrogen-bond donors (Lipinski definition) is 1. The van der Waals surface area contributed by atoms with Gasteiger partial charge in [0.05, 0.1) is 34.0 Å². The Bertz CT molecular complexity index is 1420. The molecule has 0 aliphatic carbocycles. The van der Waals surface area contributed by atoms with Crippen LogP contribution >= 0.6 is 11.8 Å². The van der Waals surface area contributed by atoms with Crippen LogP contribution in [0.1, 0.15) is 16.7 Å². The number of nitriles is 1. The van der Waals surface area contributed by atoms with Crippen molar-refractivity contribution in [1.82, 2.24) is 9.55 Å². The van der Waals surface area contributed by atoms with Crippen molar-refractivity contribution in [2.75, 3.05) is 11.1 Å². The summed E-state index contributed by atoms with van der Waals surface area (Å²) in [6, 6.07) is 21.7. The number of fused-ring (bicyclic) bond motifs is 1. The monoisotopic (exact) mass is 440 g/mol. The molecule has 1 aromatic heterocycles. The Balaban J connectivity index is 1.68. The second kappa shape index (κ2) is 9.08. The molecule has 4 aromatic rings. The topological polar surface area (TPSA) is 87.8 Å². The number of anilines is 1. The number of carbonyl (C=O) groups is 1. The predicted octanol–water partition coefficient (Wildman–Crippen LogP) is 4.61. The van der Waals surface area contributed by atoms with E-state index in [1.807, 2.05) is 50.2 Å². The summed E-state index contributed by atoms with van der Waals surface area (Å²) in [7, 11) is 0. The molecule has 3 aromatic carbocycles. The van der Waals surface area contributed by atoms with Gasteiger partial charge in [-0.05, 0) is 67.4 Å². The number of nitrogens with zero attached hydrogens (tertiary/aromatic N) is 3. The number of aryl methyl sites for hydroxylation is 1. The molecule has 0 bridgehead atoms. The van der Waals surface area contributed by atoms with Gasteiger partial charge in [-0.3, -0.25) is 14.2 Å². The first kappa shape index (κ1) is 21.3. The molecule has 0 spiro atoms. The van der Waals surface area contributed by atoms with Crippen LogP contribution in [0, 0.1) is 25.2 Å². The molecule has 158 valence electrons. The van der Waals surface area contributed by atoms with Crippen molar-refractivity contribution in [2.45, 2.75) is 19.0 Å². The van der Waals surface area contributed by atoms with E-state index in [2.05, 4.69) is 5.32 Å². The van der Waals surface area contributed by atoms with Gasteiger partial charge in [-0.2, -0.15) is 5.26 Å². The highest BCUT2D eigenvalue weighted by Crippen LogP contribution is 2.24. The SMILES string of the molecule is Cc1cccc(-n2c(SCC(=O)Nc3ccc(C#N)cc3)nc3ccccc3c2=O)c1C. The largest absolute Gasteiger partial charge is 0.325 e. The molecule has 1 N–H and O–H groups in total. The van der Waals surface area contributed by atoms with Gasteiger partial charge in [0.2, 0.25) is 5.91 Å². The van der Waals surface area contributed by atoms with Crippen LogP contribution in [0.4, 0.5) is 5.69 Å². The van der Waals surface area contributed by atoms with Crippen LogP contribution in [0.15, 0.2) is 76.7 Å². The minimum Gasteiger partial charge on any atom is -0.325 e. The molecule has 0 saturated carbocycles. The summed E-state index contributed by atoms with van der Waals surface area (Å²) in [5, 5.41) is 12.7. The Labute approximate surface area is 189 Å². The van der Waals surface area contributed by atoms with E-state index in [0.717, 1.165) is 16.8 Å². The van der Waals surface area contributed by atoms with Crippen molar-refractivity contribution in [3.8, 4) is 11.8 Å². The number of thioether (sulfide) groups is 1. The summed E-state index contributed by atoms with van der Waals surface area (Å²) in [6.45, 7) is 3.97. The van der Waals surface area contributed by atoms with Crippen molar-refractivity contribution < 1.29 is 4.79 Å². The maximum atomic E-state index is 13.4. The van der Waals surface area contributed by atoms with E-state index < -0.39 is 0 Å². The molecule has 0 radical (unpaired) electrons. The molecule has 0 saturated heterocycles. The van der Waals surface area contributed by atoms with Gasteiger partial charge in [0.15, 0.2) is 5.16 Å². The molecule has 1 amide bonds. The highest BCUT2D eigenvalue weighted by molar-refractivity contribution is 7.99. The number of nitrogens with one attached hydrogen (secondary N) is 1. The van der Waals surface area contributed by atoms with Crippen molar-refractivity contribution in [3.63, 3.8) is 0 Å². The molecular formula is C25H20N4O2S. The van der Waals surface area contributed by atoms with Crippen molar-refractivity contribution >= 4 is 34.3 Å². The second-order valence-electron chi connectivity index (χ2n) is 7.30. The van der Waals surface area contributed by atoms with Crippen molar-refractivity contribution in [3.05, 3.63) is 93.8 Å². The Morgan fingerprint density at radius 3 is 2.56 bits per heavy atom. The van der Waals surface area contributed by atoms with Crippen LogP contribution in [0.2, 0.25) is 0 Å². The number of rotatable bonds is 5. The highest BCUT2D eigenvalue weighted by atomic mass is 32.2. The van der Waals surface area contributed by atoms with E-state index in [9.17, 15) is 9.59 Å². The van der Waals surface area contributed by atoms with Gasteiger partial charge in [-0.25, -0.2) is 4.98 Å². The Morgan fingerprint density at radius 1 is 1.06 bits per heavy atom. The summed E-state index contributed by atoms with van der Waals surface area (Å²) in [5.74, 6) is -0.148. The zero-order valence-corrected chi connectivity index (χ0v) is 18.4. The van der Waals surface area contributed by atoms with Crippen LogP contribution in [0.25, 0.3) is 16.6 Å². The van der Waals surface area contributed by atoms with E-state index in [4.69, 9.17) is 10.2 Å². The first-order valence-corrected chi connectivity index (χ1v) is 11.0. The van der Waals surface area contributed by atoms with Crippen LogP contribution in [-0.4, -0.2) is 21.2 Å². The van der Waals surface area contributed by atoms with E-state index in [-0.39, 0.29) is 17.2 Å². The summed E-state index contributed by atoms with van der Waals surface area (Å²) in [4.78, 5) is 30.6. The molecule has 1 heterocycles. The number of para-hydroxylation sites is 1. The Hall–Kier alpha value is -3.89. The average Bonchev–Trinajstić information content (AvgIpc) is 2.80. The molecule has 7 heteroatoms. The standard InChI is InChI=1S/C25H20N4O2S/c1-16-6-5-9-22(17(16)2)29-24(31)20-7-3-4-8-21(20)28-25(29)32-15-23(30)27-19-12-10-18(14-26)11-13-19/h3-13H,15H2,1-2H3,(H,27,30). The molecule has 0 unspecified atom stereocenters. The number of aromatic nitrogens is 2. The lowest BCUT2D eigenvalue weighted by molar-refractivity contribution is -0.113. The number of hydrogen-bond acceptors (Lipinski definition) is 5. The van der Waals surface area contributed by atoms with Crippen molar-refractivity contribution in [2.24, 2.45) is 0 Å². The van der Waals surface area contributed by atoms with Crippen LogP contribution in [0.5, 0.6) is 0 Å². The summed E-state index contributed by atoms with van der Waals surface area (Å²) >= 11 is 1.21. The van der Waals surface area contributed by atoms with Gasteiger partial charge in [-0.1, -0.05) is 36.0 Å². The number of amides is 1. The normalized spacial score (nSPS) is 10.7. The zero-order chi connectivity index (χ0) is 22.7. The molecule has 0 fully saturated rings. The van der Waals surface area contributed by atoms with Gasteiger partial charge >= 0.3 is 0 Å². The summed E-state index contributed by atoms with van der Waals surface area (Å²) in [6.07, 6.45) is 0. The van der Waals surface area contributed by atoms with Gasteiger partial charge in [-0.15, -0.1) is 0 Å². The molecule has 0 aliphatic rings. The molecule has 0 aliphatic heterocycles. The Morgan fingerprint density at radius 2 is 1.81 bits per heavy atom. The Kier molecular flexibility index (Phi) is 6.06. The first-order valence-electron chi connectivity index (χ1n) is 9.99. The van der Waals surface area contributed by atoms with Gasteiger partial charge in [0.25, 0.3) is 5.56 Å². The third kappa shape index (κ3) is 4.27. The third-order valence-corrected chi connectivity index (χ3v) is 6.13. The molecule has 4 rings (SSSR count). The van der Waals surface area contributed by atoms with Gasteiger partial charge in [0.1, 0.15) is 0 Å². The highest BCUT2D eigenvalue weighted by Gasteiger charge is 2.16. The minimum absolute atomic E-state index is 0.0790. The fraction of sp³-hybridized carbons (Fsp3) is 0.120. The smallest absolute Gasteiger partial charge is 0.266 e. The predicted molar refractivity (Wildman–Crippen MR) is 127 cm³/mol. The lowest BCUT2D eigenvalue weighted by Crippen LogP contribution is -2.23. The van der Waals surface area contributed by atoms with Crippen molar-refractivity contribution in [1.29, 1.82) is 5.26 Å². The second-order valence-corrected chi connectivity index (χ2v) is 8.24. The summed E-state index contributed by atoms with van der Waals surface area (Å²) in [5.41, 5.74) is 4.35. The van der Waals surface area contributed by atoms with Gasteiger partial charge < -0.3 is 5.32 Å². The average molecular weight is 441 g/mol. The number of carbonyl (C=O) groups excluding carboxylic acids is 1. The van der Waals surface area contributed by atoms with E-state index in [1.165, 1.54) is 11.8 Å². The van der Waals surface area contributed by atoms with Crippen LogP contribution < -0.4 is 10.9 Å². The fourth-order valence-corrected chi connectivity index (χ4v) is 4.16. The third-order valence-electron chi connectivity index (χ3n) is 5.19. The lowest BCUT2D eigenvalue weighted by Gasteiger charge is -2.16. The fourth-order valence-electron chi connectivity index (χ4n) is 3.35. The maximum absolute atomic E-state index is 13.4. The molecular weight excluding hydrogens is 420 g/mol. The quantitative estimate of drug-likeness (QED) is 0.362. The van der Waals surface area contributed by atoms with E-state index in [0.29, 0.717) is 27.3 Å². The minimum atomic E-state index is -0.227. The van der Waals surface area contributed by atoms with Crippen LogP contribution in [-0.2, 0) is 4.79 Å². The molecule has 6 nitrogen and oxygen atoms in total. The molecule has 0 atom stereocenters. The van der Waals surface area contributed by atoms with Gasteiger partial charge in [0, 0.05) is 5.69 Å². The number of benzene rings is 3. The van der Waals surface area contributed by atoms with E-state index >= 15 is 0 Å². The lowest BCUT2D eigenvalue weighted by atomic mass is 10.1. The zero-order valence-electron chi connectivity index (χ0n) is 17.6. The van der Waals surface area contributed by atoms with E-state index in [1.54, 1.807) is 41.0 Å². The maximum Gasteiger partial charge on any atom is 0.266 e. The molecule has 32 heavy (non-hydrogen) atoms. The summed E-state index contributed by atoms with van der Waals surface area (Å²) < 4.78 is 1.59. The van der Waals surface area contributed by atoms with Crippen LogP contribution in [0.3, 0.4) is 0 Å².